The van der Waals surface area contributed by atoms with Crippen LogP contribution in [0, 0.1) is 12.7 Å². The van der Waals surface area contributed by atoms with E-state index in [2.05, 4.69) is 10.2 Å². The lowest BCUT2D eigenvalue weighted by molar-refractivity contribution is 0.632. The minimum absolute atomic E-state index is 0.0586. The van der Waals surface area contributed by atoms with Gasteiger partial charge in [0.05, 0.1) is 16.3 Å². The number of rotatable bonds is 2. The minimum Gasteiger partial charge on any atom is -0.382 e. The van der Waals surface area contributed by atoms with Gasteiger partial charge in [0.15, 0.2) is 5.82 Å². The zero-order valence-corrected chi connectivity index (χ0v) is 12.1. The van der Waals surface area contributed by atoms with Crippen molar-refractivity contribution < 1.29 is 4.39 Å². The number of aromatic nitrogens is 2. The summed E-state index contributed by atoms with van der Waals surface area (Å²) in [5.74, 6) is -0.256. The number of benzene rings is 2. The molecule has 0 unspecified atom stereocenters. The predicted molar refractivity (Wildman–Crippen MR) is 83.6 cm³/mol. The van der Waals surface area contributed by atoms with E-state index in [-0.39, 0.29) is 10.8 Å². The number of anilines is 1. The molecule has 0 aliphatic carbocycles. The molecule has 21 heavy (non-hydrogen) atoms. The zero-order chi connectivity index (χ0) is 15.0. The van der Waals surface area contributed by atoms with Gasteiger partial charge in [0, 0.05) is 11.1 Å². The topological polar surface area (TPSA) is 54.7 Å². The third-order valence-electron chi connectivity index (χ3n) is 3.32. The Morgan fingerprint density at radius 1 is 1.19 bits per heavy atom. The van der Waals surface area contributed by atoms with Crippen molar-refractivity contribution in [1.82, 2.24) is 10.2 Å². The van der Waals surface area contributed by atoms with Gasteiger partial charge in [0.25, 0.3) is 0 Å². The van der Waals surface area contributed by atoms with Gasteiger partial charge in [0.2, 0.25) is 0 Å². The minimum atomic E-state index is -0.499. The molecule has 106 valence electrons. The molecule has 0 atom stereocenters. The number of nitrogen functional groups attached to an aromatic ring is 1. The molecule has 0 fully saturated rings. The molecule has 3 aromatic rings. The van der Waals surface area contributed by atoms with Crippen molar-refractivity contribution in [2.75, 3.05) is 5.73 Å². The second-order valence-corrected chi connectivity index (χ2v) is 5.24. The number of aromatic amines is 1. The summed E-state index contributed by atoms with van der Waals surface area (Å²) in [6.45, 7) is 1.99. The average Bonchev–Trinajstić information content (AvgIpc) is 2.84. The van der Waals surface area contributed by atoms with Crippen LogP contribution >= 0.6 is 11.6 Å². The summed E-state index contributed by atoms with van der Waals surface area (Å²) in [5, 5.41) is 6.95. The number of nitrogens with one attached hydrogen (secondary N) is 1. The molecule has 0 saturated carbocycles. The summed E-state index contributed by atoms with van der Waals surface area (Å²) in [5.41, 5.74) is 9.45. The Balaban J connectivity index is 2.25. The zero-order valence-electron chi connectivity index (χ0n) is 11.3. The quantitative estimate of drug-likeness (QED) is 0.736. The van der Waals surface area contributed by atoms with E-state index in [1.165, 1.54) is 6.07 Å². The van der Waals surface area contributed by atoms with Crippen molar-refractivity contribution in [1.29, 1.82) is 0 Å². The van der Waals surface area contributed by atoms with E-state index < -0.39 is 5.82 Å². The van der Waals surface area contributed by atoms with E-state index in [0.717, 1.165) is 11.1 Å². The number of hydrogen-bond acceptors (Lipinski definition) is 2. The molecule has 0 amide bonds. The van der Waals surface area contributed by atoms with Crippen LogP contribution in [0.5, 0.6) is 0 Å². The maximum Gasteiger partial charge on any atom is 0.153 e. The van der Waals surface area contributed by atoms with Gasteiger partial charge in [-0.05, 0) is 19.1 Å². The molecule has 3 N–H and O–H groups in total. The van der Waals surface area contributed by atoms with Crippen LogP contribution in [0.25, 0.3) is 22.4 Å². The molecule has 1 heterocycles. The van der Waals surface area contributed by atoms with Gasteiger partial charge in [0.1, 0.15) is 5.82 Å². The van der Waals surface area contributed by atoms with E-state index >= 15 is 0 Å². The normalized spacial score (nSPS) is 10.8. The Bertz CT molecular complexity index is 811. The summed E-state index contributed by atoms with van der Waals surface area (Å²) in [6.07, 6.45) is 0. The number of nitrogens with two attached hydrogens (primary N) is 1. The lowest BCUT2D eigenvalue weighted by atomic mass is 9.99. The van der Waals surface area contributed by atoms with Crippen LogP contribution in [0.15, 0.2) is 42.5 Å². The molecular formula is C16H13ClFN3. The van der Waals surface area contributed by atoms with Gasteiger partial charge in [-0.1, -0.05) is 47.5 Å². The number of H-pyrrole nitrogens is 1. The fraction of sp³-hybridized carbons (Fsp3) is 0.0625. The second-order valence-electron chi connectivity index (χ2n) is 4.83. The highest BCUT2D eigenvalue weighted by Gasteiger charge is 2.19. The molecule has 0 radical (unpaired) electrons. The van der Waals surface area contributed by atoms with Crippen molar-refractivity contribution >= 4 is 17.4 Å². The van der Waals surface area contributed by atoms with E-state index in [1.54, 1.807) is 12.1 Å². The van der Waals surface area contributed by atoms with E-state index in [4.69, 9.17) is 17.3 Å². The first-order chi connectivity index (χ1) is 10.1. The molecule has 0 bridgehead atoms. The molecule has 2 aromatic carbocycles. The second kappa shape index (κ2) is 5.22. The number of aryl methyl sites for hydroxylation is 1. The fourth-order valence-electron chi connectivity index (χ4n) is 2.33. The average molecular weight is 302 g/mol. The van der Waals surface area contributed by atoms with E-state index in [0.29, 0.717) is 16.8 Å². The summed E-state index contributed by atoms with van der Waals surface area (Å²) >= 11 is 5.86. The van der Waals surface area contributed by atoms with Crippen LogP contribution in [-0.2, 0) is 0 Å². The van der Waals surface area contributed by atoms with Crippen LogP contribution in [0.2, 0.25) is 5.02 Å². The Labute approximate surface area is 126 Å². The highest BCUT2D eigenvalue weighted by molar-refractivity contribution is 6.31. The fourth-order valence-corrected chi connectivity index (χ4v) is 2.51. The monoisotopic (exact) mass is 301 g/mol. The van der Waals surface area contributed by atoms with Crippen molar-refractivity contribution in [3.8, 4) is 22.4 Å². The SMILES string of the molecule is Cc1cccc(-c2[nH]nc(N)c2-c2cccc(Cl)c2F)c1. The highest BCUT2D eigenvalue weighted by atomic mass is 35.5. The van der Waals surface area contributed by atoms with E-state index in [9.17, 15) is 4.39 Å². The summed E-state index contributed by atoms with van der Waals surface area (Å²) in [4.78, 5) is 0. The van der Waals surface area contributed by atoms with Crippen molar-refractivity contribution in [3.05, 3.63) is 58.9 Å². The van der Waals surface area contributed by atoms with Gasteiger partial charge >= 0.3 is 0 Å². The highest BCUT2D eigenvalue weighted by Crippen LogP contribution is 2.37. The lowest BCUT2D eigenvalue weighted by Crippen LogP contribution is -1.92. The largest absolute Gasteiger partial charge is 0.382 e. The number of hydrogen-bond donors (Lipinski definition) is 2. The van der Waals surface area contributed by atoms with Crippen LogP contribution in [-0.4, -0.2) is 10.2 Å². The smallest absolute Gasteiger partial charge is 0.153 e. The summed E-state index contributed by atoms with van der Waals surface area (Å²) < 4.78 is 14.3. The van der Waals surface area contributed by atoms with E-state index in [1.807, 2.05) is 31.2 Å². The van der Waals surface area contributed by atoms with Gasteiger partial charge in [-0.15, -0.1) is 0 Å². The molecule has 0 aliphatic rings. The van der Waals surface area contributed by atoms with Gasteiger partial charge in [-0.2, -0.15) is 5.10 Å². The standard InChI is InChI=1S/C16H13ClFN3/c1-9-4-2-5-10(8-9)15-13(16(19)21-20-15)11-6-3-7-12(17)14(11)18/h2-8H,1H3,(H3,19,20,21). The van der Waals surface area contributed by atoms with Gasteiger partial charge < -0.3 is 5.73 Å². The molecule has 0 spiro atoms. The first-order valence-corrected chi connectivity index (χ1v) is 6.81. The van der Waals surface area contributed by atoms with Crippen molar-refractivity contribution in [3.63, 3.8) is 0 Å². The van der Waals surface area contributed by atoms with Crippen LogP contribution in [0.4, 0.5) is 10.2 Å². The van der Waals surface area contributed by atoms with Gasteiger partial charge in [-0.25, -0.2) is 4.39 Å². The van der Waals surface area contributed by atoms with Gasteiger partial charge in [-0.3, -0.25) is 5.10 Å². The molecular weight excluding hydrogens is 289 g/mol. The maximum atomic E-state index is 14.3. The Morgan fingerprint density at radius 2 is 1.95 bits per heavy atom. The summed E-state index contributed by atoms with van der Waals surface area (Å²) in [7, 11) is 0. The van der Waals surface area contributed by atoms with Crippen LogP contribution in [0.3, 0.4) is 0 Å². The third kappa shape index (κ3) is 2.38. The summed E-state index contributed by atoms with van der Waals surface area (Å²) in [6, 6.07) is 12.7. The third-order valence-corrected chi connectivity index (χ3v) is 3.61. The molecule has 0 aliphatic heterocycles. The maximum absolute atomic E-state index is 14.3. The van der Waals surface area contributed by atoms with Crippen LogP contribution in [0.1, 0.15) is 5.56 Å². The first-order valence-electron chi connectivity index (χ1n) is 6.43. The number of nitrogens with zero attached hydrogens (tertiary/aromatic N) is 1. The molecule has 3 nitrogen and oxygen atoms in total. The van der Waals surface area contributed by atoms with Crippen LogP contribution < -0.4 is 5.73 Å². The molecule has 1 aromatic heterocycles. The Kier molecular flexibility index (Phi) is 3.39. The van der Waals surface area contributed by atoms with Crippen molar-refractivity contribution in [2.24, 2.45) is 0 Å². The molecule has 0 saturated heterocycles. The number of halogens is 2. The lowest BCUT2D eigenvalue weighted by Gasteiger charge is -2.07. The molecule has 5 heteroatoms. The first kappa shape index (κ1) is 13.6. The predicted octanol–water partition coefficient (Wildman–Crippen LogP) is 4.43. The van der Waals surface area contributed by atoms with Crippen molar-refractivity contribution in [2.45, 2.75) is 6.92 Å². The molecule has 3 rings (SSSR count). The Morgan fingerprint density at radius 3 is 2.71 bits per heavy atom. The Hall–Kier alpha value is -2.33.